The Morgan fingerprint density at radius 2 is 2.15 bits per heavy atom. The van der Waals surface area contributed by atoms with Gasteiger partial charge in [-0.3, -0.25) is 0 Å². The van der Waals surface area contributed by atoms with Crippen molar-refractivity contribution in [2.45, 2.75) is 20.3 Å². The minimum atomic E-state index is 0.928. The van der Waals surface area contributed by atoms with Crippen LogP contribution in [0.5, 0.6) is 0 Å². The van der Waals surface area contributed by atoms with E-state index in [2.05, 4.69) is 31.4 Å². The second-order valence-corrected chi connectivity index (χ2v) is 4.23. The SMILES string of the molecule is CCc1cc2c(C)csc2cc1N. The fourth-order valence-electron chi connectivity index (χ4n) is 1.57. The third kappa shape index (κ3) is 1.31. The van der Waals surface area contributed by atoms with Gasteiger partial charge in [0.25, 0.3) is 0 Å². The van der Waals surface area contributed by atoms with Gasteiger partial charge in [0.15, 0.2) is 0 Å². The largest absolute Gasteiger partial charge is 0.398 e. The van der Waals surface area contributed by atoms with Gasteiger partial charge in [0.05, 0.1) is 0 Å². The van der Waals surface area contributed by atoms with Crippen LogP contribution in [-0.2, 0) is 6.42 Å². The molecule has 13 heavy (non-hydrogen) atoms. The molecule has 1 aromatic carbocycles. The van der Waals surface area contributed by atoms with Crippen molar-refractivity contribution in [2.75, 3.05) is 5.73 Å². The van der Waals surface area contributed by atoms with E-state index in [0.29, 0.717) is 0 Å². The Hall–Kier alpha value is -1.02. The van der Waals surface area contributed by atoms with Crippen LogP contribution in [0, 0.1) is 6.92 Å². The van der Waals surface area contributed by atoms with Gasteiger partial charge in [-0.15, -0.1) is 11.3 Å². The lowest BCUT2D eigenvalue weighted by molar-refractivity contribution is 1.15. The summed E-state index contributed by atoms with van der Waals surface area (Å²) in [5, 5.41) is 3.54. The van der Waals surface area contributed by atoms with Crippen molar-refractivity contribution in [3.05, 3.63) is 28.6 Å². The van der Waals surface area contributed by atoms with Gasteiger partial charge in [-0.05, 0) is 47.4 Å². The predicted molar refractivity (Wildman–Crippen MR) is 60.4 cm³/mol. The molecule has 68 valence electrons. The fourth-order valence-corrected chi connectivity index (χ4v) is 2.54. The molecule has 2 N–H and O–H groups in total. The molecule has 0 radical (unpaired) electrons. The zero-order valence-electron chi connectivity index (χ0n) is 7.92. The number of hydrogen-bond donors (Lipinski definition) is 1. The van der Waals surface area contributed by atoms with Gasteiger partial charge in [0.1, 0.15) is 0 Å². The Morgan fingerprint density at radius 1 is 1.38 bits per heavy atom. The van der Waals surface area contributed by atoms with E-state index in [0.717, 1.165) is 12.1 Å². The summed E-state index contributed by atoms with van der Waals surface area (Å²) in [5.41, 5.74) is 9.46. The average molecular weight is 191 g/mol. The van der Waals surface area contributed by atoms with Crippen LogP contribution >= 0.6 is 11.3 Å². The molecule has 0 fully saturated rings. The van der Waals surface area contributed by atoms with Crippen molar-refractivity contribution < 1.29 is 0 Å². The molecule has 0 saturated heterocycles. The summed E-state index contributed by atoms with van der Waals surface area (Å²) in [5.74, 6) is 0. The van der Waals surface area contributed by atoms with Crippen LogP contribution < -0.4 is 5.73 Å². The number of anilines is 1. The smallest absolute Gasteiger partial charge is 0.0366 e. The number of hydrogen-bond acceptors (Lipinski definition) is 2. The van der Waals surface area contributed by atoms with Crippen LogP contribution in [0.3, 0.4) is 0 Å². The number of thiophene rings is 1. The monoisotopic (exact) mass is 191 g/mol. The summed E-state index contributed by atoms with van der Waals surface area (Å²) < 4.78 is 1.30. The molecule has 0 atom stereocenters. The number of nitrogens with two attached hydrogens (primary N) is 1. The van der Waals surface area contributed by atoms with Crippen LogP contribution in [0.15, 0.2) is 17.5 Å². The standard InChI is InChI=1S/C11H13NS/c1-3-8-4-9-7(2)6-13-11(9)5-10(8)12/h4-6H,3,12H2,1-2H3. The molecule has 0 aliphatic carbocycles. The van der Waals surface area contributed by atoms with E-state index in [1.165, 1.54) is 21.2 Å². The van der Waals surface area contributed by atoms with Crippen molar-refractivity contribution in [1.82, 2.24) is 0 Å². The van der Waals surface area contributed by atoms with Crippen molar-refractivity contribution in [2.24, 2.45) is 0 Å². The predicted octanol–water partition coefficient (Wildman–Crippen LogP) is 3.35. The Balaban J connectivity index is 2.77. The lowest BCUT2D eigenvalue weighted by Gasteiger charge is -2.02. The van der Waals surface area contributed by atoms with E-state index in [1.807, 2.05) is 0 Å². The van der Waals surface area contributed by atoms with E-state index in [1.54, 1.807) is 11.3 Å². The van der Waals surface area contributed by atoms with Gasteiger partial charge in [0.2, 0.25) is 0 Å². The van der Waals surface area contributed by atoms with Crippen LogP contribution in [-0.4, -0.2) is 0 Å². The number of rotatable bonds is 1. The molecule has 2 heteroatoms. The fraction of sp³-hybridized carbons (Fsp3) is 0.273. The molecule has 0 bridgehead atoms. The van der Waals surface area contributed by atoms with Gasteiger partial charge in [-0.25, -0.2) is 0 Å². The maximum absolute atomic E-state index is 5.91. The second kappa shape index (κ2) is 3.04. The van der Waals surface area contributed by atoms with Crippen molar-refractivity contribution >= 4 is 27.1 Å². The molecule has 1 nitrogen and oxygen atoms in total. The molecular formula is C11H13NS. The Labute approximate surface area is 82.2 Å². The first-order chi connectivity index (χ1) is 6.22. The molecule has 0 aliphatic heterocycles. The van der Waals surface area contributed by atoms with Gasteiger partial charge < -0.3 is 5.73 Å². The summed E-state index contributed by atoms with van der Waals surface area (Å²) in [6.45, 7) is 4.29. The first-order valence-corrected chi connectivity index (χ1v) is 5.36. The molecule has 0 aliphatic rings. The van der Waals surface area contributed by atoms with E-state index >= 15 is 0 Å². The lowest BCUT2D eigenvalue weighted by Crippen LogP contribution is -1.91. The third-order valence-corrected chi connectivity index (χ3v) is 3.47. The molecule has 2 rings (SSSR count). The average Bonchev–Trinajstić information content (AvgIpc) is 2.46. The Morgan fingerprint density at radius 3 is 2.85 bits per heavy atom. The highest BCUT2D eigenvalue weighted by Gasteiger charge is 2.03. The molecule has 1 aromatic heterocycles. The molecule has 2 aromatic rings. The molecular weight excluding hydrogens is 178 g/mol. The normalized spacial score (nSPS) is 10.9. The molecule has 0 saturated carbocycles. The summed E-state index contributed by atoms with van der Waals surface area (Å²) >= 11 is 1.77. The lowest BCUT2D eigenvalue weighted by atomic mass is 10.1. The molecule has 0 unspecified atom stereocenters. The third-order valence-electron chi connectivity index (χ3n) is 2.41. The topological polar surface area (TPSA) is 26.0 Å². The van der Waals surface area contributed by atoms with Crippen molar-refractivity contribution in [3.8, 4) is 0 Å². The van der Waals surface area contributed by atoms with Crippen molar-refractivity contribution in [3.63, 3.8) is 0 Å². The summed E-state index contributed by atoms with van der Waals surface area (Å²) in [4.78, 5) is 0. The molecule has 0 spiro atoms. The van der Waals surface area contributed by atoms with Gasteiger partial charge in [-0.1, -0.05) is 6.92 Å². The minimum Gasteiger partial charge on any atom is -0.398 e. The highest BCUT2D eigenvalue weighted by molar-refractivity contribution is 7.17. The van der Waals surface area contributed by atoms with E-state index in [4.69, 9.17) is 5.73 Å². The quantitative estimate of drug-likeness (QED) is 0.687. The first-order valence-electron chi connectivity index (χ1n) is 4.48. The minimum absolute atomic E-state index is 0.928. The number of benzene rings is 1. The zero-order valence-corrected chi connectivity index (χ0v) is 8.74. The van der Waals surface area contributed by atoms with Gasteiger partial charge in [-0.2, -0.15) is 0 Å². The Kier molecular flexibility index (Phi) is 2.00. The first kappa shape index (κ1) is 8.57. The van der Waals surface area contributed by atoms with E-state index in [-0.39, 0.29) is 0 Å². The van der Waals surface area contributed by atoms with Gasteiger partial charge >= 0.3 is 0 Å². The zero-order chi connectivity index (χ0) is 9.42. The highest BCUT2D eigenvalue weighted by atomic mass is 32.1. The van der Waals surface area contributed by atoms with Crippen LogP contribution in [0.2, 0.25) is 0 Å². The highest BCUT2D eigenvalue weighted by Crippen LogP contribution is 2.29. The maximum atomic E-state index is 5.91. The number of fused-ring (bicyclic) bond motifs is 1. The molecule has 0 amide bonds. The number of aryl methyl sites for hydroxylation is 2. The van der Waals surface area contributed by atoms with Crippen LogP contribution in [0.1, 0.15) is 18.1 Å². The van der Waals surface area contributed by atoms with E-state index in [9.17, 15) is 0 Å². The number of nitrogen functional groups attached to an aromatic ring is 1. The van der Waals surface area contributed by atoms with E-state index < -0.39 is 0 Å². The van der Waals surface area contributed by atoms with Gasteiger partial charge in [0, 0.05) is 10.4 Å². The molecule has 1 heterocycles. The summed E-state index contributed by atoms with van der Waals surface area (Å²) in [6, 6.07) is 4.31. The maximum Gasteiger partial charge on any atom is 0.0366 e. The Bertz CT molecular complexity index is 443. The summed E-state index contributed by atoms with van der Waals surface area (Å²) in [7, 11) is 0. The summed E-state index contributed by atoms with van der Waals surface area (Å²) in [6.07, 6.45) is 1.01. The van der Waals surface area contributed by atoms with Crippen LogP contribution in [0.4, 0.5) is 5.69 Å². The van der Waals surface area contributed by atoms with Crippen LogP contribution in [0.25, 0.3) is 10.1 Å². The second-order valence-electron chi connectivity index (χ2n) is 3.32. The van der Waals surface area contributed by atoms with Crippen molar-refractivity contribution in [1.29, 1.82) is 0 Å².